The third kappa shape index (κ3) is 48.9. The Bertz CT molecular complexity index is 1870. The average molecular weight is 1310 g/mol. The summed E-state index contributed by atoms with van der Waals surface area (Å²) in [6, 6.07) is 0. The summed E-state index contributed by atoms with van der Waals surface area (Å²) in [5.41, 5.74) is -2.92. The quantitative estimate of drug-likeness (QED) is 0.0312. The topological polar surface area (TPSA) is 237 Å². The van der Waals surface area contributed by atoms with E-state index in [0.29, 0.717) is 51.4 Å². The lowest BCUT2D eigenvalue weighted by atomic mass is 9.88. The van der Waals surface area contributed by atoms with Gasteiger partial charge >= 0.3 is 53.7 Å². The molecule has 0 saturated carbocycles. The molecule has 0 aliphatic heterocycles. The number of ether oxygens (including phenoxy) is 9. The number of unbranched alkanes of at least 4 members (excludes halogenated alkanes) is 26. The van der Waals surface area contributed by atoms with Crippen molar-refractivity contribution in [3.63, 3.8) is 0 Å². The zero-order valence-electron chi connectivity index (χ0n) is 59.5. The Morgan fingerprint density at radius 2 is 0.283 bits per heavy atom. The zero-order chi connectivity index (χ0) is 68.2. The van der Waals surface area contributed by atoms with Crippen LogP contribution in [0.5, 0.6) is 0 Å². The van der Waals surface area contributed by atoms with Crippen LogP contribution in [0.25, 0.3) is 0 Å². The first kappa shape index (κ1) is 87.2. The highest BCUT2D eigenvalue weighted by atomic mass is 16.6. The first-order chi connectivity index (χ1) is 44.4. The first-order valence-corrected chi connectivity index (χ1v) is 36.9. The Kier molecular flexibility index (Phi) is 55.7. The van der Waals surface area contributed by atoms with Gasteiger partial charge in [0.1, 0.15) is 59.5 Å². The van der Waals surface area contributed by atoms with Crippen molar-refractivity contribution in [2.75, 3.05) is 59.5 Å². The second-order valence-corrected chi connectivity index (χ2v) is 26.2. The van der Waals surface area contributed by atoms with E-state index in [0.717, 1.165) is 141 Å². The fourth-order valence-electron chi connectivity index (χ4n) is 10.2. The molecule has 0 amide bonds. The summed E-state index contributed by atoms with van der Waals surface area (Å²) >= 11 is 0. The highest BCUT2D eigenvalue weighted by Crippen LogP contribution is 2.29. The van der Waals surface area contributed by atoms with Gasteiger partial charge in [-0.05, 0) is 77.0 Å². The second kappa shape index (κ2) is 58.8. The van der Waals surface area contributed by atoms with Crippen LogP contribution in [-0.2, 0) is 85.8 Å². The summed E-state index contributed by atoms with van der Waals surface area (Å²) in [4.78, 5) is 117. The molecule has 1 atom stereocenters. The van der Waals surface area contributed by atoms with E-state index in [4.69, 9.17) is 42.6 Å². The third-order valence-electron chi connectivity index (χ3n) is 17.5. The van der Waals surface area contributed by atoms with Gasteiger partial charge in [-0.2, -0.15) is 0 Å². The second-order valence-electron chi connectivity index (χ2n) is 26.2. The maximum absolute atomic E-state index is 13.3. The Morgan fingerprint density at radius 3 is 0.402 bits per heavy atom. The molecule has 0 aromatic heterocycles. The van der Waals surface area contributed by atoms with Gasteiger partial charge in [0, 0.05) is 57.8 Å². The monoisotopic (exact) mass is 1310 g/mol. The molecule has 0 spiro atoms. The minimum atomic E-state index is -1.05. The zero-order valence-corrected chi connectivity index (χ0v) is 59.5. The predicted octanol–water partition coefficient (Wildman–Crippen LogP) is 17.5. The number of hydrogen-bond donors (Lipinski definition) is 0. The molecule has 0 N–H and O–H groups in total. The molecule has 0 bridgehead atoms. The van der Waals surface area contributed by atoms with Gasteiger partial charge in [0.05, 0.1) is 16.2 Å². The van der Waals surface area contributed by atoms with E-state index in [1.807, 2.05) is 20.8 Å². The van der Waals surface area contributed by atoms with Gasteiger partial charge < -0.3 is 42.6 Å². The number of esters is 9. The SMILES string of the molecule is CCCCCCCCCC(=O)OCC(CC)(COC(=O)CCCCCCCCC)COC(=O)CCCCC(=O)OCC(CC)(COC(=O)CCCCCCC)COC(=O)CCCCC(=O)OCC(CC)(COC(=O)CCCCCCC)COC(=O)CCCCCCC. The van der Waals surface area contributed by atoms with Crippen molar-refractivity contribution < 1.29 is 85.8 Å². The Labute approximate surface area is 557 Å². The van der Waals surface area contributed by atoms with E-state index in [1.165, 1.54) is 38.5 Å². The molecule has 0 radical (unpaired) electrons. The summed E-state index contributed by atoms with van der Waals surface area (Å²) in [5.74, 6) is -3.87. The molecule has 18 nitrogen and oxygen atoms in total. The van der Waals surface area contributed by atoms with Crippen LogP contribution in [0.4, 0.5) is 0 Å². The average Bonchev–Trinajstić information content (AvgIpc) is 2.10. The molecule has 92 heavy (non-hydrogen) atoms. The highest BCUT2D eigenvalue weighted by Gasteiger charge is 2.37. The van der Waals surface area contributed by atoms with E-state index in [9.17, 15) is 43.2 Å². The molecular weight excluding hydrogens is 1180 g/mol. The molecule has 0 fully saturated rings. The van der Waals surface area contributed by atoms with E-state index < -0.39 is 46.1 Å². The molecule has 0 aliphatic carbocycles. The minimum absolute atomic E-state index is 0.00229. The lowest BCUT2D eigenvalue weighted by Gasteiger charge is -2.31. The number of rotatable bonds is 65. The van der Waals surface area contributed by atoms with E-state index >= 15 is 0 Å². The largest absolute Gasteiger partial charge is 0.465 e. The molecule has 536 valence electrons. The smallest absolute Gasteiger partial charge is 0.305 e. The van der Waals surface area contributed by atoms with Crippen LogP contribution < -0.4 is 0 Å². The summed E-state index contributed by atoms with van der Waals surface area (Å²) in [7, 11) is 0. The van der Waals surface area contributed by atoms with Crippen molar-refractivity contribution in [3.8, 4) is 0 Å². The fraction of sp³-hybridized carbons (Fsp3) is 0.878. The van der Waals surface area contributed by atoms with Crippen molar-refractivity contribution in [1.29, 1.82) is 0 Å². The summed E-state index contributed by atoms with van der Waals surface area (Å²) < 4.78 is 51.6. The molecular formula is C74H132O18. The Morgan fingerprint density at radius 1 is 0.174 bits per heavy atom. The van der Waals surface area contributed by atoms with Crippen molar-refractivity contribution in [1.82, 2.24) is 0 Å². The van der Waals surface area contributed by atoms with Gasteiger partial charge in [-0.15, -0.1) is 0 Å². The minimum Gasteiger partial charge on any atom is -0.465 e. The molecule has 0 saturated heterocycles. The normalized spacial score (nSPS) is 12.1. The standard InChI is InChI=1S/C74H132O18/c1-9-17-22-27-29-34-39-48-66(78)87-56-73(15-7,57-88-67(79)49-40-35-30-28-23-18-10-2)60-90-69(81)51-42-44-53-71(83)92-62-74(16-8,58-86-65(77)47-38-33-26-21-13-5)61-91-70(82)52-43-41-50-68(80)89-59-72(14-6,54-84-63(75)45-36-31-24-19-11-3)55-85-64(76)46-37-32-25-20-12-4/h9-62H2,1-8H3. The molecule has 18 heteroatoms. The van der Waals surface area contributed by atoms with Crippen molar-refractivity contribution in [2.45, 2.75) is 344 Å². The molecule has 0 rings (SSSR count). The number of carbonyl (C=O) groups is 9. The van der Waals surface area contributed by atoms with Crippen LogP contribution in [0.1, 0.15) is 344 Å². The predicted molar refractivity (Wildman–Crippen MR) is 359 cm³/mol. The Hall–Kier alpha value is -4.77. The fourth-order valence-corrected chi connectivity index (χ4v) is 10.2. The van der Waals surface area contributed by atoms with Gasteiger partial charge in [0.2, 0.25) is 0 Å². The van der Waals surface area contributed by atoms with Crippen molar-refractivity contribution in [2.24, 2.45) is 16.2 Å². The van der Waals surface area contributed by atoms with E-state index in [2.05, 4.69) is 34.6 Å². The van der Waals surface area contributed by atoms with Gasteiger partial charge in [-0.25, -0.2) is 0 Å². The lowest BCUT2D eigenvalue weighted by molar-refractivity contribution is -0.165. The van der Waals surface area contributed by atoms with Crippen molar-refractivity contribution >= 4 is 53.7 Å². The third-order valence-corrected chi connectivity index (χ3v) is 17.5. The molecule has 0 aromatic carbocycles. The van der Waals surface area contributed by atoms with E-state index in [1.54, 1.807) is 0 Å². The van der Waals surface area contributed by atoms with Crippen LogP contribution >= 0.6 is 0 Å². The van der Waals surface area contributed by atoms with Gasteiger partial charge in [0.15, 0.2) is 0 Å². The molecule has 1 unspecified atom stereocenters. The first-order valence-electron chi connectivity index (χ1n) is 36.9. The number of carbonyl (C=O) groups excluding carboxylic acids is 9. The highest BCUT2D eigenvalue weighted by molar-refractivity contribution is 5.73. The molecule has 0 aromatic rings. The van der Waals surface area contributed by atoms with Crippen LogP contribution in [0, 0.1) is 16.2 Å². The summed E-state index contributed by atoms with van der Waals surface area (Å²) in [6.07, 6.45) is 33.2. The van der Waals surface area contributed by atoms with Gasteiger partial charge in [0.25, 0.3) is 0 Å². The molecule has 0 heterocycles. The summed E-state index contributed by atoms with van der Waals surface area (Å²) in [6.45, 7) is 15.3. The number of hydrogen-bond acceptors (Lipinski definition) is 18. The molecule has 0 aliphatic rings. The van der Waals surface area contributed by atoms with Crippen molar-refractivity contribution in [3.05, 3.63) is 0 Å². The maximum atomic E-state index is 13.3. The lowest BCUT2D eigenvalue weighted by Crippen LogP contribution is -2.39. The van der Waals surface area contributed by atoms with Gasteiger partial charge in [-0.1, -0.05) is 209 Å². The maximum Gasteiger partial charge on any atom is 0.305 e. The van der Waals surface area contributed by atoms with Crippen LogP contribution in [0.3, 0.4) is 0 Å². The van der Waals surface area contributed by atoms with E-state index in [-0.39, 0.29) is 141 Å². The van der Waals surface area contributed by atoms with Crippen LogP contribution in [0.2, 0.25) is 0 Å². The van der Waals surface area contributed by atoms with Gasteiger partial charge in [-0.3, -0.25) is 43.2 Å². The van der Waals surface area contributed by atoms with Crippen LogP contribution in [-0.4, -0.2) is 113 Å². The summed E-state index contributed by atoms with van der Waals surface area (Å²) in [5, 5.41) is 0. The van der Waals surface area contributed by atoms with Crippen LogP contribution in [0.15, 0.2) is 0 Å². The Balaban J connectivity index is 5.64.